The van der Waals surface area contributed by atoms with E-state index in [4.69, 9.17) is 5.73 Å². The third-order valence-corrected chi connectivity index (χ3v) is 3.08. The van der Waals surface area contributed by atoms with Crippen molar-refractivity contribution in [3.05, 3.63) is 53.7 Å². The zero-order valence-corrected chi connectivity index (χ0v) is 10.9. The van der Waals surface area contributed by atoms with Gasteiger partial charge in [0.1, 0.15) is 5.82 Å². The van der Waals surface area contributed by atoms with E-state index in [9.17, 15) is 0 Å². The van der Waals surface area contributed by atoms with Gasteiger partial charge in [-0.05, 0) is 31.0 Å². The number of aryl methyl sites for hydroxylation is 1. The van der Waals surface area contributed by atoms with Crippen molar-refractivity contribution in [3.8, 4) is 0 Å². The molecule has 0 aliphatic heterocycles. The highest BCUT2D eigenvalue weighted by molar-refractivity contribution is 5.50. The summed E-state index contributed by atoms with van der Waals surface area (Å²) >= 11 is 0. The Labute approximate surface area is 108 Å². The zero-order chi connectivity index (χ0) is 13.0. The smallest absolute Gasteiger partial charge is 0.128 e. The lowest BCUT2D eigenvalue weighted by molar-refractivity contribution is 0.857. The molecular weight excluding hydrogens is 222 g/mol. The summed E-state index contributed by atoms with van der Waals surface area (Å²) in [6, 6.07) is 14.4. The molecule has 2 N–H and O–H groups in total. The van der Waals surface area contributed by atoms with Crippen molar-refractivity contribution >= 4 is 11.5 Å². The molecule has 1 aromatic carbocycles. The first kappa shape index (κ1) is 12.4. The summed E-state index contributed by atoms with van der Waals surface area (Å²) in [6.45, 7) is 2.88. The first-order valence-corrected chi connectivity index (χ1v) is 6.15. The van der Waals surface area contributed by atoms with Gasteiger partial charge in [-0.3, -0.25) is 0 Å². The standard InChI is InChI=1S/C15H19N3/c1-12-14(16)8-9-15(17-12)18(2)11-10-13-6-4-3-5-7-13/h3-9H,10-11,16H2,1-2H3. The average molecular weight is 241 g/mol. The molecule has 1 heterocycles. The third kappa shape index (κ3) is 3.00. The molecular formula is C15H19N3. The first-order valence-electron chi connectivity index (χ1n) is 6.15. The Hall–Kier alpha value is -2.03. The van der Waals surface area contributed by atoms with Gasteiger partial charge < -0.3 is 10.6 Å². The van der Waals surface area contributed by atoms with E-state index >= 15 is 0 Å². The van der Waals surface area contributed by atoms with Gasteiger partial charge in [-0.25, -0.2) is 4.98 Å². The van der Waals surface area contributed by atoms with Crippen LogP contribution < -0.4 is 10.6 Å². The lowest BCUT2D eigenvalue weighted by Gasteiger charge is -2.19. The van der Waals surface area contributed by atoms with Crippen LogP contribution in [-0.2, 0) is 6.42 Å². The monoisotopic (exact) mass is 241 g/mol. The molecule has 2 aromatic rings. The molecule has 18 heavy (non-hydrogen) atoms. The van der Waals surface area contributed by atoms with E-state index in [2.05, 4.69) is 41.2 Å². The van der Waals surface area contributed by atoms with E-state index in [1.165, 1.54) is 5.56 Å². The number of hydrogen-bond donors (Lipinski definition) is 1. The van der Waals surface area contributed by atoms with E-state index in [0.717, 1.165) is 30.2 Å². The van der Waals surface area contributed by atoms with Crippen LogP contribution >= 0.6 is 0 Å². The predicted molar refractivity (Wildman–Crippen MR) is 76.8 cm³/mol. The van der Waals surface area contributed by atoms with Crippen LogP contribution in [0.3, 0.4) is 0 Å². The molecule has 0 saturated carbocycles. The fraction of sp³-hybridized carbons (Fsp3) is 0.267. The summed E-state index contributed by atoms with van der Waals surface area (Å²) in [5.41, 5.74) is 8.75. The Bertz CT molecular complexity index is 508. The Balaban J connectivity index is 1.99. The molecule has 0 amide bonds. The van der Waals surface area contributed by atoms with Crippen LogP contribution in [0.5, 0.6) is 0 Å². The lowest BCUT2D eigenvalue weighted by atomic mass is 10.1. The van der Waals surface area contributed by atoms with Gasteiger partial charge in [0.05, 0.1) is 11.4 Å². The van der Waals surface area contributed by atoms with Gasteiger partial charge in [-0.1, -0.05) is 30.3 Å². The first-order chi connectivity index (χ1) is 8.66. The number of aromatic nitrogens is 1. The van der Waals surface area contributed by atoms with Gasteiger partial charge in [-0.2, -0.15) is 0 Å². The van der Waals surface area contributed by atoms with Crippen LogP contribution in [0, 0.1) is 6.92 Å². The Morgan fingerprint density at radius 3 is 2.50 bits per heavy atom. The topological polar surface area (TPSA) is 42.2 Å². The van der Waals surface area contributed by atoms with E-state index < -0.39 is 0 Å². The van der Waals surface area contributed by atoms with Gasteiger partial charge in [0.2, 0.25) is 0 Å². The highest BCUT2D eigenvalue weighted by Crippen LogP contribution is 2.15. The van der Waals surface area contributed by atoms with Crippen molar-refractivity contribution in [2.75, 3.05) is 24.2 Å². The predicted octanol–water partition coefficient (Wildman–Crippen LogP) is 2.65. The van der Waals surface area contributed by atoms with Crippen LogP contribution in [-0.4, -0.2) is 18.6 Å². The minimum atomic E-state index is 0.746. The van der Waals surface area contributed by atoms with Gasteiger partial charge in [-0.15, -0.1) is 0 Å². The van der Waals surface area contributed by atoms with Crippen LogP contribution in [0.2, 0.25) is 0 Å². The highest BCUT2D eigenvalue weighted by Gasteiger charge is 2.04. The number of pyridine rings is 1. The molecule has 0 radical (unpaired) electrons. The largest absolute Gasteiger partial charge is 0.397 e. The Morgan fingerprint density at radius 2 is 1.83 bits per heavy atom. The summed E-state index contributed by atoms with van der Waals surface area (Å²) in [5.74, 6) is 0.970. The maximum atomic E-state index is 5.77. The lowest BCUT2D eigenvalue weighted by Crippen LogP contribution is -2.21. The molecule has 0 spiro atoms. The molecule has 94 valence electrons. The van der Waals surface area contributed by atoms with Crippen LogP contribution in [0.15, 0.2) is 42.5 Å². The number of anilines is 2. The van der Waals surface area contributed by atoms with Crippen LogP contribution in [0.1, 0.15) is 11.3 Å². The van der Waals surface area contributed by atoms with Gasteiger partial charge in [0.15, 0.2) is 0 Å². The molecule has 0 aliphatic carbocycles. The molecule has 3 heteroatoms. The molecule has 0 unspecified atom stereocenters. The molecule has 0 fully saturated rings. The molecule has 0 saturated heterocycles. The molecule has 0 aliphatic rings. The summed E-state index contributed by atoms with van der Waals surface area (Å²) in [5, 5.41) is 0. The summed E-state index contributed by atoms with van der Waals surface area (Å²) in [6.07, 6.45) is 1.02. The third-order valence-electron chi connectivity index (χ3n) is 3.08. The maximum absolute atomic E-state index is 5.77. The number of nitrogens with zero attached hydrogens (tertiary/aromatic N) is 2. The van der Waals surface area contributed by atoms with Crippen molar-refractivity contribution in [1.29, 1.82) is 0 Å². The number of likely N-dealkylation sites (N-methyl/N-ethyl adjacent to an activating group) is 1. The second-order valence-corrected chi connectivity index (χ2v) is 4.50. The number of nitrogen functional groups attached to an aromatic ring is 1. The highest BCUT2D eigenvalue weighted by atomic mass is 15.2. The van der Waals surface area contributed by atoms with Gasteiger partial charge in [0.25, 0.3) is 0 Å². The summed E-state index contributed by atoms with van der Waals surface area (Å²) in [4.78, 5) is 6.64. The second kappa shape index (κ2) is 5.54. The Morgan fingerprint density at radius 1 is 1.11 bits per heavy atom. The quantitative estimate of drug-likeness (QED) is 0.894. The number of nitrogens with two attached hydrogens (primary N) is 1. The SMILES string of the molecule is Cc1nc(N(C)CCc2ccccc2)ccc1N. The fourth-order valence-corrected chi connectivity index (χ4v) is 1.83. The van der Waals surface area contributed by atoms with Gasteiger partial charge >= 0.3 is 0 Å². The zero-order valence-electron chi connectivity index (χ0n) is 10.9. The van der Waals surface area contributed by atoms with Gasteiger partial charge in [0, 0.05) is 13.6 Å². The summed E-state index contributed by atoms with van der Waals surface area (Å²) < 4.78 is 0. The normalized spacial score (nSPS) is 10.3. The molecule has 2 rings (SSSR count). The minimum Gasteiger partial charge on any atom is -0.397 e. The van der Waals surface area contributed by atoms with Crippen molar-refractivity contribution in [3.63, 3.8) is 0 Å². The number of hydrogen-bond acceptors (Lipinski definition) is 3. The fourth-order valence-electron chi connectivity index (χ4n) is 1.83. The molecule has 1 aromatic heterocycles. The second-order valence-electron chi connectivity index (χ2n) is 4.50. The number of benzene rings is 1. The molecule has 0 bridgehead atoms. The van der Waals surface area contributed by atoms with Crippen LogP contribution in [0.25, 0.3) is 0 Å². The van der Waals surface area contributed by atoms with Crippen molar-refractivity contribution in [1.82, 2.24) is 4.98 Å². The number of rotatable bonds is 4. The molecule has 0 atom stereocenters. The van der Waals surface area contributed by atoms with E-state index in [1.54, 1.807) is 0 Å². The van der Waals surface area contributed by atoms with E-state index in [1.807, 2.05) is 25.1 Å². The van der Waals surface area contributed by atoms with Crippen molar-refractivity contribution in [2.24, 2.45) is 0 Å². The maximum Gasteiger partial charge on any atom is 0.128 e. The molecule has 3 nitrogen and oxygen atoms in total. The average Bonchev–Trinajstić information content (AvgIpc) is 2.40. The van der Waals surface area contributed by atoms with Crippen molar-refractivity contribution in [2.45, 2.75) is 13.3 Å². The van der Waals surface area contributed by atoms with E-state index in [-0.39, 0.29) is 0 Å². The Kier molecular flexibility index (Phi) is 3.82. The minimum absolute atomic E-state index is 0.746. The van der Waals surface area contributed by atoms with Crippen LogP contribution in [0.4, 0.5) is 11.5 Å². The van der Waals surface area contributed by atoms with Crippen molar-refractivity contribution < 1.29 is 0 Å². The summed E-state index contributed by atoms with van der Waals surface area (Å²) in [7, 11) is 2.06. The van der Waals surface area contributed by atoms with E-state index in [0.29, 0.717) is 0 Å².